The van der Waals surface area contributed by atoms with Crippen molar-refractivity contribution >= 4 is 42.4 Å². The minimum atomic E-state index is -0.151. The second-order valence-electron chi connectivity index (χ2n) is 10.4. The normalized spacial score (nSPS) is 16.7. The molecule has 11 heteroatoms. The molecular weight excluding hydrogens is 542 g/mol. The Kier molecular flexibility index (Phi) is 12.8. The van der Waals surface area contributed by atoms with Crippen molar-refractivity contribution in [2.45, 2.75) is 48.8 Å². The third kappa shape index (κ3) is 9.96. The molecule has 2 aliphatic heterocycles. The average molecular weight is 584 g/mol. The van der Waals surface area contributed by atoms with Crippen LogP contribution in [0.4, 0.5) is 5.69 Å². The van der Waals surface area contributed by atoms with Crippen LogP contribution in [0.15, 0.2) is 47.4 Å². The molecule has 0 bridgehead atoms. The molecular formula is C30H41N5O5S. The lowest BCUT2D eigenvalue weighted by molar-refractivity contribution is -0.121. The Morgan fingerprint density at radius 3 is 2.29 bits per heavy atom. The molecule has 1 atom stereocenters. The van der Waals surface area contributed by atoms with Crippen molar-refractivity contribution in [2.24, 2.45) is 5.73 Å². The van der Waals surface area contributed by atoms with Gasteiger partial charge < -0.3 is 25.5 Å². The topological polar surface area (TPSA) is 125 Å². The molecule has 0 saturated carbocycles. The van der Waals surface area contributed by atoms with E-state index in [0.717, 1.165) is 63.0 Å². The van der Waals surface area contributed by atoms with Crippen LogP contribution in [0.5, 0.6) is 5.75 Å². The molecule has 1 amide bonds. The highest BCUT2D eigenvalue weighted by molar-refractivity contribution is 7.97. The second-order valence-corrected chi connectivity index (χ2v) is 11.6. The van der Waals surface area contributed by atoms with E-state index in [9.17, 15) is 19.2 Å². The van der Waals surface area contributed by atoms with Gasteiger partial charge in [0.15, 0.2) is 12.6 Å². The average Bonchev–Trinajstić information content (AvgIpc) is 2.96. The summed E-state index contributed by atoms with van der Waals surface area (Å²) < 4.78 is 8.42. The highest BCUT2D eigenvalue weighted by Gasteiger charge is 2.29. The smallest absolute Gasteiger partial charge is 0.219 e. The fourth-order valence-electron chi connectivity index (χ4n) is 4.43. The molecule has 2 fully saturated rings. The van der Waals surface area contributed by atoms with Crippen LogP contribution in [0.25, 0.3) is 0 Å². The molecule has 0 spiro atoms. The van der Waals surface area contributed by atoms with Gasteiger partial charge in [0.05, 0.1) is 19.1 Å². The van der Waals surface area contributed by atoms with Gasteiger partial charge in [0.25, 0.3) is 0 Å². The number of rotatable bonds is 12. The lowest BCUT2D eigenvalue weighted by atomic mass is 10.1. The van der Waals surface area contributed by atoms with E-state index in [4.69, 9.17) is 10.5 Å². The first-order chi connectivity index (χ1) is 19.8. The maximum Gasteiger partial charge on any atom is 0.219 e. The number of nitrogens with one attached hydrogen (secondary N) is 1. The predicted molar refractivity (Wildman–Crippen MR) is 162 cm³/mol. The van der Waals surface area contributed by atoms with Gasteiger partial charge in [-0.1, -0.05) is 0 Å². The van der Waals surface area contributed by atoms with Gasteiger partial charge in [-0.05, 0) is 87.8 Å². The zero-order valence-corrected chi connectivity index (χ0v) is 24.8. The number of carbonyl (C=O) groups excluding carboxylic acids is 4. The minimum Gasteiger partial charge on any atom is -0.487 e. The summed E-state index contributed by atoms with van der Waals surface area (Å²) in [5.74, 6) is 0.841. The third-order valence-electron chi connectivity index (χ3n) is 7.16. The highest BCUT2D eigenvalue weighted by atomic mass is 32.2. The number of hydrogen-bond donors (Lipinski definition) is 2. The number of amides is 1. The summed E-state index contributed by atoms with van der Waals surface area (Å²) >= 11 is 1.78. The number of nitrogens with two attached hydrogens (primary N) is 1. The molecule has 4 rings (SSSR count). The number of carbonyl (C=O) groups is 4. The maximum atomic E-state index is 11.1. The highest BCUT2D eigenvalue weighted by Crippen LogP contribution is 2.29. The quantitative estimate of drug-likeness (QED) is 0.285. The first-order valence-corrected chi connectivity index (χ1v) is 14.6. The van der Waals surface area contributed by atoms with Crippen LogP contribution in [-0.4, -0.2) is 99.5 Å². The lowest BCUT2D eigenvalue weighted by Crippen LogP contribution is -2.54. The van der Waals surface area contributed by atoms with E-state index in [0.29, 0.717) is 36.3 Å². The first-order valence-electron chi connectivity index (χ1n) is 13.8. The summed E-state index contributed by atoms with van der Waals surface area (Å²) in [5.41, 5.74) is 7.74. The second kappa shape index (κ2) is 16.3. The Balaban J connectivity index is 0.000000327. The van der Waals surface area contributed by atoms with E-state index in [2.05, 4.69) is 26.7 Å². The number of ether oxygens (including phenoxy) is 1. The zero-order chi connectivity index (χ0) is 29.8. The molecule has 222 valence electrons. The molecule has 2 aromatic rings. The summed E-state index contributed by atoms with van der Waals surface area (Å²) in [5, 5.41) is 2.51. The Labute approximate surface area is 246 Å². The number of piperidine rings is 1. The van der Waals surface area contributed by atoms with Gasteiger partial charge in [0.1, 0.15) is 18.1 Å². The predicted octanol–water partition coefficient (Wildman–Crippen LogP) is 2.65. The van der Waals surface area contributed by atoms with Crippen LogP contribution < -0.4 is 20.7 Å². The number of likely N-dealkylation sites (N-methyl/N-ethyl adjacent to an activating group) is 1. The Morgan fingerprint density at radius 1 is 1.07 bits per heavy atom. The summed E-state index contributed by atoms with van der Waals surface area (Å²) in [6.07, 6.45) is 5.49. The summed E-state index contributed by atoms with van der Waals surface area (Å²) in [6, 6.07) is 13.7. The molecule has 2 aromatic carbocycles. The fourth-order valence-corrected chi connectivity index (χ4v) is 5.38. The van der Waals surface area contributed by atoms with Crippen molar-refractivity contribution in [3.8, 4) is 5.75 Å². The molecule has 10 nitrogen and oxygen atoms in total. The van der Waals surface area contributed by atoms with Crippen LogP contribution in [0, 0.1) is 0 Å². The summed E-state index contributed by atoms with van der Waals surface area (Å²) in [4.78, 5) is 48.5. The van der Waals surface area contributed by atoms with Crippen molar-refractivity contribution in [2.75, 3.05) is 52.2 Å². The fraction of sp³-hybridized carbons (Fsp3) is 0.467. The molecule has 0 aliphatic carbocycles. The molecule has 2 aliphatic rings. The van der Waals surface area contributed by atoms with Gasteiger partial charge in [-0.2, -0.15) is 0 Å². The van der Waals surface area contributed by atoms with Crippen LogP contribution in [0.1, 0.15) is 46.4 Å². The number of anilines is 1. The standard InChI is InChI=1S/C22H25N3O3S.C8H16N2O2/c23-18-7-9-25(10-8-18)29-22-5-3-20(4-6-22)28-21-12-24(13-21)19-2-1-16(14-26)17(11-19)15-27;1-9-8(12)5-4-7(6-11)10(2)3/h1-6,11,14-15,18,21H,7-10,12-13,23H2;6-7H,4-5H2,1-3H3,(H,9,12). The number of nitrogens with zero attached hydrogens (tertiary/aromatic N) is 3. The van der Waals surface area contributed by atoms with E-state index >= 15 is 0 Å². The lowest BCUT2D eigenvalue weighted by Gasteiger charge is -2.40. The number of hydrogen-bond acceptors (Lipinski definition) is 10. The molecule has 3 N–H and O–H groups in total. The Morgan fingerprint density at radius 2 is 1.73 bits per heavy atom. The zero-order valence-electron chi connectivity index (χ0n) is 24.0. The van der Waals surface area contributed by atoms with Crippen LogP contribution >= 0.6 is 11.9 Å². The van der Waals surface area contributed by atoms with Crippen LogP contribution in [-0.2, 0) is 9.59 Å². The van der Waals surface area contributed by atoms with Crippen molar-refractivity contribution in [3.05, 3.63) is 53.6 Å². The number of aldehydes is 3. The summed E-state index contributed by atoms with van der Waals surface area (Å²) in [6.45, 7) is 3.57. The van der Waals surface area contributed by atoms with Crippen molar-refractivity contribution in [3.63, 3.8) is 0 Å². The molecule has 0 radical (unpaired) electrons. The van der Waals surface area contributed by atoms with Crippen molar-refractivity contribution in [1.29, 1.82) is 0 Å². The van der Waals surface area contributed by atoms with Gasteiger partial charge in [-0.3, -0.25) is 19.3 Å². The van der Waals surface area contributed by atoms with Gasteiger partial charge in [0, 0.05) is 54.3 Å². The van der Waals surface area contributed by atoms with Gasteiger partial charge in [0.2, 0.25) is 5.91 Å². The largest absolute Gasteiger partial charge is 0.487 e. The third-order valence-corrected chi connectivity index (χ3v) is 8.27. The molecule has 2 heterocycles. The SMILES string of the molecule is CNC(=O)CCC(C=O)N(C)C.NC1CCN(Sc2ccc(OC3CN(c4ccc(C=O)c(C=O)c4)C3)cc2)CC1. The van der Waals surface area contributed by atoms with E-state index in [1.54, 1.807) is 36.0 Å². The number of benzene rings is 2. The van der Waals surface area contributed by atoms with E-state index in [1.165, 1.54) is 4.90 Å². The van der Waals surface area contributed by atoms with Gasteiger partial charge in [-0.25, -0.2) is 4.31 Å². The van der Waals surface area contributed by atoms with Crippen LogP contribution in [0.2, 0.25) is 0 Å². The Bertz CT molecular complexity index is 1150. The molecule has 2 saturated heterocycles. The molecule has 0 aromatic heterocycles. The first kappa shape index (κ1) is 32.3. The maximum absolute atomic E-state index is 11.1. The van der Waals surface area contributed by atoms with Crippen LogP contribution in [0.3, 0.4) is 0 Å². The minimum absolute atomic E-state index is 0.0244. The van der Waals surface area contributed by atoms with Crippen molar-refractivity contribution in [1.82, 2.24) is 14.5 Å². The monoisotopic (exact) mass is 583 g/mol. The van der Waals surface area contributed by atoms with E-state index in [1.807, 2.05) is 32.3 Å². The van der Waals surface area contributed by atoms with Gasteiger partial charge in [-0.15, -0.1) is 0 Å². The van der Waals surface area contributed by atoms with Crippen molar-refractivity contribution < 1.29 is 23.9 Å². The van der Waals surface area contributed by atoms with Gasteiger partial charge >= 0.3 is 0 Å². The summed E-state index contributed by atoms with van der Waals surface area (Å²) in [7, 11) is 5.24. The molecule has 41 heavy (non-hydrogen) atoms. The van der Waals surface area contributed by atoms with E-state index < -0.39 is 0 Å². The Hall–Kier alpha value is -3.25. The van der Waals surface area contributed by atoms with E-state index in [-0.39, 0.29) is 18.1 Å². The molecule has 1 unspecified atom stereocenters.